The Morgan fingerprint density at radius 1 is 0.952 bits per heavy atom. The molecule has 0 aliphatic rings. The Bertz CT molecular complexity index is 542. The number of rotatable bonds is 7. The molecule has 0 saturated carbocycles. The van der Waals surface area contributed by atoms with Gasteiger partial charge in [-0.3, -0.25) is 0 Å². The number of nitrogens with two attached hydrogens (primary N) is 1. The number of hydrogen-bond donors (Lipinski definition) is 1. The average molecular weight is 285 g/mol. The van der Waals surface area contributed by atoms with Crippen LogP contribution in [0.5, 0.6) is 11.5 Å². The van der Waals surface area contributed by atoms with Crippen molar-refractivity contribution in [3.63, 3.8) is 0 Å². The first kappa shape index (κ1) is 15.4. The van der Waals surface area contributed by atoms with Gasteiger partial charge in [-0.15, -0.1) is 0 Å². The largest absolute Gasteiger partial charge is 0.494 e. The van der Waals surface area contributed by atoms with Crippen LogP contribution in [0, 0.1) is 0 Å². The summed E-state index contributed by atoms with van der Waals surface area (Å²) in [5, 5.41) is 0. The zero-order valence-electron chi connectivity index (χ0n) is 12.7. The van der Waals surface area contributed by atoms with Gasteiger partial charge in [-0.25, -0.2) is 0 Å². The first-order valence-electron chi connectivity index (χ1n) is 7.44. The number of benzene rings is 2. The van der Waals surface area contributed by atoms with E-state index in [1.807, 2.05) is 61.5 Å². The Kier molecular flexibility index (Phi) is 5.64. The lowest BCUT2D eigenvalue weighted by atomic mass is 10.0. The molecule has 0 fully saturated rings. The highest BCUT2D eigenvalue weighted by atomic mass is 16.5. The first-order valence-corrected chi connectivity index (χ1v) is 7.44. The zero-order chi connectivity index (χ0) is 15.1. The van der Waals surface area contributed by atoms with E-state index in [1.165, 1.54) is 0 Å². The SMILES string of the molecule is CCOc1cccc(OC(CC)C(N)c2ccccc2)c1. The van der Waals surface area contributed by atoms with E-state index in [4.69, 9.17) is 15.2 Å². The van der Waals surface area contributed by atoms with Crippen molar-refractivity contribution in [2.75, 3.05) is 6.61 Å². The molecule has 2 N–H and O–H groups in total. The summed E-state index contributed by atoms with van der Waals surface area (Å²) >= 11 is 0. The lowest BCUT2D eigenvalue weighted by molar-refractivity contribution is 0.166. The Morgan fingerprint density at radius 2 is 1.67 bits per heavy atom. The minimum Gasteiger partial charge on any atom is -0.494 e. The molecule has 0 spiro atoms. The van der Waals surface area contributed by atoms with Gasteiger partial charge in [0.25, 0.3) is 0 Å². The fourth-order valence-electron chi connectivity index (χ4n) is 2.28. The molecule has 0 aromatic heterocycles. The molecule has 0 aliphatic carbocycles. The predicted molar refractivity (Wildman–Crippen MR) is 85.7 cm³/mol. The van der Waals surface area contributed by atoms with Crippen molar-refractivity contribution >= 4 is 0 Å². The molecule has 2 aromatic carbocycles. The number of hydrogen-bond acceptors (Lipinski definition) is 3. The van der Waals surface area contributed by atoms with Crippen molar-refractivity contribution in [1.82, 2.24) is 0 Å². The second-order valence-electron chi connectivity index (χ2n) is 4.91. The van der Waals surface area contributed by atoms with E-state index in [9.17, 15) is 0 Å². The van der Waals surface area contributed by atoms with E-state index in [2.05, 4.69) is 6.92 Å². The quantitative estimate of drug-likeness (QED) is 0.838. The summed E-state index contributed by atoms with van der Waals surface area (Å²) < 4.78 is 11.6. The van der Waals surface area contributed by atoms with Crippen LogP contribution < -0.4 is 15.2 Å². The summed E-state index contributed by atoms with van der Waals surface area (Å²) in [4.78, 5) is 0. The highest BCUT2D eigenvalue weighted by Gasteiger charge is 2.19. The average Bonchev–Trinajstić information content (AvgIpc) is 2.53. The predicted octanol–water partition coefficient (Wildman–Crippen LogP) is 3.94. The van der Waals surface area contributed by atoms with Crippen LogP contribution in [0.2, 0.25) is 0 Å². The van der Waals surface area contributed by atoms with Gasteiger partial charge in [0.05, 0.1) is 12.6 Å². The highest BCUT2D eigenvalue weighted by molar-refractivity contribution is 5.33. The van der Waals surface area contributed by atoms with Gasteiger partial charge in [0, 0.05) is 6.07 Å². The van der Waals surface area contributed by atoms with Crippen LogP contribution in [0.1, 0.15) is 31.9 Å². The smallest absolute Gasteiger partial charge is 0.123 e. The molecule has 2 unspecified atom stereocenters. The second kappa shape index (κ2) is 7.70. The summed E-state index contributed by atoms with van der Waals surface area (Å²) in [5.41, 5.74) is 7.43. The molecular weight excluding hydrogens is 262 g/mol. The van der Waals surface area contributed by atoms with Crippen LogP contribution in [0.3, 0.4) is 0 Å². The van der Waals surface area contributed by atoms with Gasteiger partial charge in [-0.1, -0.05) is 43.3 Å². The van der Waals surface area contributed by atoms with Gasteiger partial charge in [-0.2, -0.15) is 0 Å². The van der Waals surface area contributed by atoms with E-state index in [0.29, 0.717) is 6.61 Å². The van der Waals surface area contributed by atoms with E-state index in [-0.39, 0.29) is 12.1 Å². The van der Waals surface area contributed by atoms with E-state index in [0.717, 1.165) is 23.5 Å². The summed E-state index contributed by atoms with van der Waals surface area (Å²) in [7, 11) is 0. The Labute approximate surface area is 126 Å². The van der Waals surface area contributed by atoms with Gasteiger partial charge in [0.15, 0.2) is 0 Å². The molecule has 2 rings (SSSR count). The zero-order valence-corrected chi connectivity index (χ0v) is 12.7. The van der Waals surface area contributed by atoms with Crippen molar-refractivity contribution in [2.24, 2.45) is 5.73 Å². The van der Waals surface area contributed by atoms with Crippen LogP contribution in [0.25, 0.3) is 0 Å². The van der Waals surface area contributed by atoms with Crippen molar-refractivity contribution in [3.05, 3.63) is 60.2 Å². The molecule has 3 nitrogen and oxygen atoms in total. The maximum absolute atomic E-state index is 6.34. The van der Waals surface area contributed by atoms with Crippen molar-refractivity contribution in [3.8, 4) is 11.5 Å². The van der Waals surface area contributed by atoms with Gasteiger partial charge in [0.1, 0.15) is 17.6 Å². The summed E-state index contributed by atoms with van der Waals surface area (Å²) in [5.74, 6) is 1.61. The first-order chi connectivity index (χ1) is 10.2. The van der Waals surface area contributed by atoms with Crippen molar-refractivity contribution in [1.29, 1.82) is 0 Å². The molecular formula is C18H23NO2. The van der Waals surface area contributed by atoms with Gasteiger partial charge < -0.3 is 15.2 Å². The van der Waals surface area contributed by atoms with Crippen LogP contribution in [0.4, 0.5) is 0 Å². The van der Waals surface area contributed by atoms with Crippen molar-refractivity contribution in [2.45, 2.75) is 32.4 Å². The summed E-state index contributed by atoms with van der Waals surface area (Å²) in [6.07, 6.45) is 0.777. The normalized spacial score (nSPS) is 13.5. The van der Waals surface area contributed by atoms with Crippen LogP contribution in [-0.4, -0.2) is 12.7 Å². The maximum Gasteiger partial charge on any atom is 0.123 e. The minimum absolute atomic E-state index is 0.0655. The van der Waals surface area contributed by atoms with Crippen LogP contribution >= 0.6 is 0 Å². The monoisotopic (exact) mass is 285 g/mol. The van der Waals surface area contributed by atoms with Gasteiger partial charge in [0.2, 0.25) is 0 Å². The molecule has 21 heavy (non-hydrogen) atoms. The molecule has 3 heteroatoms. The molecule has 0 saturated heterocycles. The molecule has 0 amide bonds. The summed E-state index contributed by atoms with van der Waals surface area (Å²) in [6.45, 7) is 4.69. The molecule has 2 atom stereocenters. The lowest BCUT2D eigenvalue weighted by Crippen LogP contribution is -2.30. The van der Waals surface area contributed by atoms with Crippen molar-refractivity contribution < 1.29 is 9.47 Å². The van der Waals surface area contributed by atoms with Gasteiger partial charge >= 0.3 is 0 Å². The Hall–Kier alpha value is -2.00. The van der Waals surface area contributed by atoms with Crippen LogP contribution in [0.15, 0.2) is 54.6 Å². The Morgan fingerprint density at radius 3 is 2.33 bits per heavy atom. The third-order valence-corrected chi connectivity index (χ3v) is 3.39. The molecule has 0 aliphatic heterocycles. The molecule has 2 aromatic rings. The molecule has 112 valence electrons. The molecule has 0 heterocycles. The van der Waals surface area contributed by atoms with E-state index in [1.54, 1.807) is 0 Å². The fourth-order valence-corrected chi connectivity index (χ4v) is 2.28. The van der Waals surface area contributed by atoms with Gasteiger partial charge in [-0.05, 0) is 31.0 Å². The maximum atomic E-state index is 6.34. The summed E-state index contributed by atoms with van der Waals surface area (Å²) in [6, 6.07) is 17.6. The van der Waals surface area contributed by atoms with Crippen LogP contribution in [-0.2, 0) is 0 Å². The molecule has 0 radical (unpaired) electrons. The highest BCUT2D eigenvalue weighted by Crippen LogP contribution is 2.25. The fraction of sp³-hybridized carbons (Fsp3) is 0.333. The minimum atomic E-state index is -0.146. The standard InChI is InChI=1S/C18H23NO2/c1-3-17(18(19)14-9-6-5-7-10-14)21-16-12-8-11-15(13-16)20-4-2/h5-13,17-18H,3-4,19H2,1-2H3. The topological polar surface area (TPSA) is 44.5 Å². The van der Waals surface area contributed by atoms with E-state index >= 15 is 0 Å². The third kappa shape index (κ3) is 4.23. The van der Waals surface area contributed by atoms with E-state index < -0.39 is 0 Å². The lowest BCUT2D eigenvalue weighted by Gasteiger charge is -2.24. The Balaban J connectivity index is 2.10. The third-order valence-electron chi connectivity index (χ3n) is 3.39. The number of ether oxygens (including phenoxy) is 2. The second-order valence-corrected chi connectivity index (χ2v) is 4.91. The molecule has 0 bridgehead atoms.